The molecular weight excluding hydrogens is 267 g/mol. The number of aliphatic hydroxyl groups is 1. The van der Waals surface area contributed by atoms with E-state index in [0.29, 0.717) is 11.0 Å². The maximum absolute atomic E-state index is 11.9. The fraction of sp³-hybridized carbons (Fsp3) is 0.562. The highest BCUT2D eigenvalue weighted by atomic mass is 16.5. The van der Waals surface area contributed by atoms with Gasteiger partial charge in [-0.1, -0.05) is 24.3 Å². The fourth-order valence-electron chi connectivity index (χ4n) is 1.88. The van der Waals surface area contributed by atoms with E-state index in [1.807, 2.05) is 0 Å². The molecule has 4 nitrogen and oxygen atoms in total. The van der Waals surface area contributed by atoms with Gasteiger partial charge in [0.1, 0.15) is 0 Å². The summed E-state index contributed by atoms with van der Waals surface area (Å²) in [6.45, 7) is 6.72. The molecule has 0 aliphatic heterocycles. The summed E-state index contributed by atoms with van der Waals surface area (Å²) in [6, 6.07) is 6.83. The molecule has 1 aromatic rings. The third-order valence-corrected chi connectivity index (χ3v) is 4.31. The molecule has 1 aliphatic rings. The normalized spacial score (nSPS) is 15.9. The second kappa shape index (κ2) is 5.56. The Bertz CT molecular complexity index is 512. The first kappa shape index (κ1) is 16.2. The third-order valence-electron chi connectivity index (χ3n) is 4.31. The molecule has 1 fully saturated rings. The van der Waals surface area contributed by atoms with Gasteiger partial charge in [0.2, 0.25) is 0 Å². The number of ketones is 1. The average molecular weight is 290 g/mol. The van der Waals surface area contributed by atoms with E-state index in [2.05, 4.69) is 0 Å². The van der Waals surface area contributed by atoms with Crippen molar-refractivity contribution in [1.29, 1.82) is 0 Å². The van der Waals surface area contributed by atoms with Crippen molar-refractivity contribution in [2.24, 2.45) is 5.92 Å². The van der Waals surface area contributed by atoms with Crippen LogP contribution in [0.2, 0.25) is 0 Å². The van der Waals surface area contributed by atoms with Crippen molar-refractivity contribution in [1.82, 2.24) is 0 Å². The van der Waals surface area contributed by atoms with Crippen molar-refractivity contribution < 1.29 is 19.6 Å². The van der Waals surface area contributed by atoms with Crippen LogP contribution in [0.4, 0.5) is 0 Å². The van der Waals surface area contributed by atoms with Gasteiger partial charge in [0.25, 0.3) is 0 Å². The number of benzene rings is 1. The van der Waals surface area contributed by atoms with E-state index in [-0.39, 0.29) is 11.7 Å². The maximum atomic E-state index is 11.9. The second-order valence-corrected chi connectivity index (χ2v) is 6.80. The van der Waals surface area contributed by atoms with Gasteiger partial charge in [0, 0.05) is 11.5 Å². The number of Topliss-reactive ketones (excluding diaryl/α,β-unsaturated/α-hetero) is 1. The number of hydrogen-bond donors (Lipinski definition) is 2. The van der Waals surface area contributed by atoms with Crippen LogP contribution in [0.3, 0.4) is 0 Å². The van der Waals surface area contributed by atoms with Gasteiger partial charge in [0.15, 0.2) is 5.78 Å². The minimum absolute atomic E-state index is 0.175. The zero-order valence-corrected chi connectivity index (χ0v) is 13.1. The molecule has 5 heteroatoms. The lowest BCUT2D eigenvalue weighted by atomic mass is 9.76. The van der Waals surface area contributed by atoms with Crippen LogP contribution in [0.15, 0.2) is 24.3 Å². The predicted molar refractivity (Wildman–Crippen MR) is 82.6 cm³/mol. The number of carbonyl (C=O) groups is 1. The van der Waals surface area contributed by atoms with Crippen LogP contribution >= 0.6 is 0 Å². The van der Waals surface area contributed by atoms with Gasteiger partial charge < -0.3 is 14.8 Å². The van der Waals surface area contributed by atoms with E-state index >= 15 is 0 Å². The molecule has 21 heavy (non-hydrogen) atoms. The van der Waals surface area contributed by atoms with Gasteiger partial charge in [-0.15, -0.1) is 0 Å². The van der Waals surface area contributed by atoms with Gasteiger partial charge in [-0.2, -0.15) is 0 Å². The van der Waals surface area contributed by atoms with Gasteiger partial charge in [-0.25, -0.2) is 0 Å². The molecule has 0 spiro atoms. The molecule has 0 amide bonds. The van der Waals surface area contributed by atoms with Crippen molar-refractivity contribution >= 4 is 18.4 Å². The fourth-order valence-corrected chi connectivity index (χ4v) is 1.88. The predicted octanol–water partition coefficient (Wildman–Crippen LogP) is 1.53. The average Bonchev–Trinajstić information content (AvgIpc) is 3.20. The summed E-state index contributed by atoms with van der Waals surface area (Å²) in [6.07, 6.45) is 1.96. The smallest absolute Gasteiger partial charge is 0.423 e. The number of hydrogen-bond acceptors (Lipinski definition) is 4. The van der Waals surface area contributed by atoms with Gasteiger partial charge in [-0.05, 0) is 46.0 Å². The van der Waals surface area contributed by atoms with E-state index < -0.39 is 18.3 Å². The Morgan fingerprint density at radius 3 is 2.14 bits per heavy atom. The molecule has 0 bridgehead atoms. The lowest BCUT2D eigenvalue weighted by Gasteiger charge is -2.38. The van der Waals surface area contributed by atoms with Gasteiger partial charge in [0.05, 0.1) is 11.2 Å². The zero-order valence-electron chi connectivity index (χ0n) is 13.1. The lowest BCUT2D eigenvalue weighted by molar-refractivity contribution is -0.0982. The highest BCUT2D eigenvalue weighted by Crippen LogP contribution is 2.32. The number of carbonyl (C=O) groups excluding carboxylic acids is 1. The van der Waals surface area contributed by atoms with Gasteiger partial charge in [-0.3, -0.25) is 4.79 Å². The molecule has 0 unspecified atom stereocenters. The lowest BCUT2D eigenvalue weighted by Crippen LogP contribution is -2.53. The molecule has 2 N–H and O–H groups in total. The van der Waals surface area contributed by atoms with E-state index in [1.165, 1.54) is 0 Å². The van der Waals surface area contributed by atoms with Crippen LogP contribution < -0.4 is 5.46 Å². The molecule has 114 valence electrons. The summed E-state index contributed by atoms with van der Waals surface area (Å²) in [7, 11) is -1.14. The zero-order chi connectivity index (χ0) is 15.8. The Morgan fingerprint density at radius 1 is 1.19 bits per heavy atom. The van der Waals surface area contributed by atoms with E-state index in [9.17, 15) is 14.9 Å². The summed E-state index contributed by atoms with van der Waals surface area (Å²) < 4.78 is 5.57. The molecule has 1 saturated carbocycles. The van der Waals surface area contributed by atoms with Crippen molar-refractivity contribution in [2.75, 3.05) is 0 Å². The summed E-state index contributed by atoms with van der Waals surface area (Å²) in [5.74, 6) is 0.361. The summed E-state index contributed by atoms with van der Waals surface area (Å²) in [5.41, 5.74) is -0.750. The molecule has 2 rings (SSSR count). The maximum Gasteiger partial charge on any atom is 0.491 e. The van der Waals surface area contributed by atoms with Crippen LogP contribution in [0.5, 0.6) is 0 Å². The van der Waals surface area contributed by atoms with Gasteiger partial charge >= 0.3 is 7.12 Å². The van der Waals surface area contributed by atoms with Crippen LogP contribution in [-0.2, 0) is 4.65 Å². The quantitative estimate of drug-likeness (QED) is 0.616. The second-order valence-electron chi connectivity index (χ2n) is 6.80. The van der Waals surface area contributed by atoms with E-state index in [0.717, 1.165) is 12.8 Å². The Morgan fingerprint density at radius 2 is 1.71 bits per heavy atom. The van der Waals surface area contributed by atoms with Crippen LogP contribution in [0.25, 0.3) is 0 Å². The highest BCUT2D eigenvalue weighted by molar-refractivity contribution is 6.60. The standard InChI is InChI=1S/C16H23BO4/c1-15(2,19)16(3,4)21-17(20)13-9-7-12(8-10-13)14(18)11-5-6-11/h7-11,19-20H,5-6H2,1-4H3. The molecule has 0 heterocycles. The monoisotopic (exact) mass is 290 g/mol. The molecular formula is C16H23BO4. The Hall–Kier alpha value is -1.17. The summed E-state index contributed by atoms with van der Waals surface area (Å²) in [4.78, 5) is 11.9. The topological polar surface area (TPSA) is 66.8 Å². The summed E-state index contributed by atoms with van der Waals surface area (Å²) in [5, 5.41) is 20.2. The van der Waals surface area contributed by atoms with Crippen molar-refractivity contribution in [3.63, 3.8) is 0 Å². The molecule has 0 atom stereocenters. The Kier molecular flexibility index (Phi) is 4.29. The van der Waals surface area contributed by atoms with Crippen molar-refractivity contribution in [2.45, 2.75) is 51.7 Å². The largest absolute Gasteiger partial charge is 0.491 e. The van der Waals surface area contributed by atoms with Crippen LogP contribution in [0, 0.1) is 5.92 Å². The molecule has 0 aromatic heterocycles. The van der Waals surface area contributed by atoms with E-state index in [4.69, 9.17) is 4.65 Å². The van der Waals surface area contributed by atoms with Crippen molar-refractivity contribution in [3.8, 4) is 0 Å². The summed E-state index contributed by atoms with van der Waals surface area (Å²) >= 11 is 0. The SMILES string of the molecule is CC(C)(O)C(C)(C)OB(O)c1ccc(C(=O)C2CC2)cc1. The van der Waals surface area contributed by atoms with E-state index in [1.54, 1.807) is 52.0 Å². The molecule has 0 radical (unpaired) electrons. The van der Waals surface area contributed by atoms with Crippen LogP contribution in [0.1, 0.15) is 50.9 Å². The van der Waals surface area contributed by atoms with Crippen molar-refractivity contribution in [3.05, 3.63) is 29.8 Å². The first-order valence-electron chi connectivity index (χ1n) is 7.34. The minimum atomic E-state index is -1.14. The molecule has 1 aromatic carbocycles. The minimum Gasteiger partial charge on any atom is -0.423 e. The first-order chi connectivity index (χ1) is 9.62. The molecule has 1 aliphatic carbocycles. The Labute approximate surface area is 126 Å². The first-order valence-corrected chi connectivity index (χ1v) is 7.34. The number of rotatable bonds is 6. The molecule has 0 saturated heterocycles. The third kappa shape index (κ3) is 3.73. The highest BCUT2D eigenvalue weighted by Gasteiger charge is 2.39. The Balaban J connectivity index is 2.06. The van der Waals surface area contributed by atoms with Crippen LogP contribution in [-0.4, -0.2) is 34.2 Å².